The number of nitrogens with zero attached hydrogens (tertiary/aromatic N) is 1. The van der Waals surface area contributed by atoms with E-state index >= 15 is 0 Å². The first-order valence-electron chi connectivity index (χ1n) is 12.3. The third-order valence-electron chi connectivity index (χ3n) is 5.32. The second-order valence-corrected chi connectivity index (χ2v) is 7.77. The smallest absolute Gasteiger partial charge is 0.308 e. The number of hydrogen-bond donors (Lipinski definition) is 1. The van der Waals surface area contributed by atoms with Crippen LogP contribution in [-0.2, 0) is 17.6 Å². The van der Waals surface area contributed by atoms with Crippen molar-refractivity contribution in [3.05, 3.63) is 29.3 Å². The second kappa shape index (κ2) is 18.4. The fourth-order valence-corrected chi connectivity index (χ4v) is 3.92. The highest BCUT2D eigenvalue weighted by Crippen LogP contribution is 2.31. The van der Waals surface area contributed by atoms with Gasteiger partial charge in [-0.15, -0.1) is 0 Å². The Hall–Kier alpha value is -1.39. The zero-order chi connectivity index (χ0) is 22.8. The van der Waals surface area contributed by atoms with Gasteiger partial charge in [0.1, 0.15) is 5.75 Å². The molecule has 4 heteroatoms. The molecule has 0 amide bonds. The van der Waals surface area contributed by atoms with Gasteiger partial charge in [-0.2, -0.15) is 0 Å². The Labute approximate surface area is 186 Å². The second-order valence-electron chi connectivity index (χ2n) is 7.77. The maximum absolute atomic E-state index is 11.2. The fourth-order valence-electron chi connectivity index (χ4n) is 3.92. The molecule has 1 aromatic rings. The van der Waals surface area contributed by atoms with Crippen molar-refractivity contribution in [2.24, 2.45) is 5.73 Å². The van der Waals surface area contributed by atoms with E-state index in [4.69, 9.17) is 10.5 Å². The molecule has 174 valence electrons. The summed E-state index contributed by atoms with van der Waals surface area (Å²) in [5.41, 5.74) is 8.25. The summed E-state index contributed by atoms with van der Waals surface area (Å²) in [6.45, 7) is 14.9. The molecule has 0 saturated carbocycles. The highest BCUT2D eigenvalue weighted by atomic mass is 16.5. The van der Waals surface area contributed by atoms with Gasteiger partial charge in [0.2, 0.25) is 0 Å². The fraction of sp³-hybridized carbons (Fsp3) is 0.731. The van der Waals surface area contributed by atoms with Crippen LogP contribution in [0.5, 0.6) is 5.75 Å². The average Bonchev–Trinajstić information content (AvgIpc) is 2.75. The zero-order valence-electron chi connectivity index (χ0n) is 20.6. The molecule has 0 aromatic heterocycles. The van der Waals surface area contributed by atoms with Crippen molar-refractivity contribution in [2.75, 3.05) is 19.6 Å². The Morgan fingerprint density at radius 1 is 1.07 bits per heavy atom. The van der Waals surface area contributed by atoms with E-state index in [2.05, 4.69) is 31.7 Å². The van der Waals surface area contributed by atoms with Crippen LogP contribution in [-0.4, -0.2) is 36.5 Å². The van der Waals surface area contributed by atoms with Gasteiger partial charge in [0.25, 0.3) is 0 Å². The molecule has 4 nitrogen and oxygen atoms in total. The van der Waals surface area contributed by atoms with Crippen LogP contribution in [0.15, 0.2) is 18.2 Å². The number of carbonyl (C=O) groups excluding carboxylic acids is 1. The molecule has 2 N–H and O–H groups in total. The maximum atomic E-state index is 11.2. The number of rotatable bonds is 10. The Bertz CT molecular complexity index is 550. The molecule has 30 heavy (non-hydrogen) atoms. The summed E-state index contributed by atoms with van der Waals surface area (Å²) < 4.78 is 5.33. The van der Waals surface area contributed by atoms with Gasteiger partial charge in [0.05, 0.1) is 0 Å². The molecule has 0 radical (unpaired) electrons. The molecule has 0 bridgehead atoms. The number of fused-ring (bicyclic) bond motifs is 1. The van der Waals surface area contributed by atoms with Crippen molar-refractivity contribution >= 4 is 5.97 Å². The predicted octanol–water partition coefficient (Wildman–Crippen LogP) is 6.14. The summed E-state index contributed by atoms with van der Waals surface area (Å²) in [6.07, 6.45) is 11.2. The van der Waals surface area contributed by atoms with Crippen LogP contribution < -0.4 is 10.5 Å². The average molecular weight is 421 g/mol. The highest BCUT2D eigenvalue weighted by Gasteiger charge is 2.25. The van der Waals surface area contributed by atoms with E-state index in [1.807, 2.05) is 26.0 Å². The van der Waals surface area contributed by atoms with Gasteiger partial charge in [-0.3, -0.25) is 9.69 Å². The molecular weight excluding hydrogens is 372 g/mol. The van der Waals surface area contributed by atoms with Gasteiger partial charge in [-0.05, 0) is 49.4 Å². The van der Waals surface area contributed by atoms with Crippen molar-refractivity contribution in [1.82, 2.24) is 4.90 Å². The molecular formula is C26H48N2O2. The van der Waals surface area contributed by atoms with Crippen molar-refractivity contribution in [2.45, 2.75) is 105 Å². The molecule has 0 heterocycles. The largest absolute Gasteiger partial charge is 0.426 e. The molecule has 1 aliphatic rings. The number of nitrogens with two attached hydrogens (primary N) is 1. The van der Waals surface area contributed by atoms with Gasteiger partial charge in [0.15, 0.2) is 0 Å². The van der Waals surface area contributed by atoms with E-state index in [0.717, 1.165) is 44.5 Å². The SMILES string of the molecule is CC.CCCCCCC.CCCN(CCN)C1CCc2c(cccc2OC(C)=O)C1. The molecule has 1 aliphatic carbocycles. The van der Waals surface area contributed by atoms with Crippen LogP contribution in [0, 0.1) is 0 Å². The lowest BCUT2D eigenvalue weighted by Crippen LogP contribution is -2.42. The minimum atomic E-state index is -0.249. The number of esters is 1. The lowest BCUT2D eigenvalue weighted by Gasteiger charge is -2.35. The van der Waals surface area contributed by atoms with Crippen molar-refractivity contribution in [1.29, 1.82) is 0 Å². The molecule has 0 spiro atoms. The van der Waals surface area contributed by atoms with Crippen LogP contribution in [0.4, 0.5) is 0 Å². The minimum Gasteiger partial charge on any atom is -0.426 e. The Morgan fingerprint density at radius 3 is 2.27 bits per heavy atom. The molecule has 0 aliphatic heterocycles. The summed E-state index contributed by atoms with van der Waals surface area (Å²) in [5.74, 6) is 0.487. The van der Waals surface area contributed by atoms with Crippen LogP contribution in [0.1, 0.15) is 97.6 Å². The van der Waals surface area contributed by atoms with E-state index in [1.165, 1.54) is 50.2 Å². The number of unbranched alkanes of at least 4 members (excludes halogenated alkanes) is 4. The summed E-state index contributed by atoms with van der Waals surface area (Å²) in [4.78, 5) is 13.7. The zero-order valence-corrected chi connectivity index (χ0v) is 20.6. The Morgan fingerprint density at radius 2 is 1.73 bits per heavy atom. The topological polar surface area (TPSA) is 55.6 Å². The van der Waals surface area contributed by atoms with Crippen molar-refractivity contribution in [3.63, 3.8) is 0 Å². The van der Waals surface area contributed by atoms with Gasteiger partial charge in [0, 0.05) is 26.1 Å². The predicted molar refractivity (Wildman–Crippen MR) is 130 cm³/mol. The van der Waals surface area contributed by atoms with E-state index in [1.54, 1.807) is 0 Å². The maximum Gasteiger partial charge on any atom is 0.308 e. The normalized spacial score (nSPS) is 14.7. The van der Waals surface area contributed by atoms with Crippen LogP contribution >= 0.6 is 0 Å². The van der Waals surface area contributed by atoms with E-state index in [9.17, 15) is 4.79 Å². The molecule has 2 rings (SSSR count). The molecule has 0 saturated heterocycles. The number of benzene rings is 1. The summed E-state index contributed by atoms with van der Waals surface area (Å²) in [7, 11) is 0. The highest BCUT2D eigenvalue weighted by molar-refractivity contribution is 5.70. The van der Waals surface area contributed by atoms with Crippen molar-refractivity contribution in [3.8, 4) is 5.75 Å². The van der Waals surface area contributed by atoms with Gasteiger partial charge in [-0.1, -0.05) is 78.9 Å². The molecule has 1 aromatic carbocycles. The first-order chi connectivity index (χ1) is 14.6. The Kier molecular flexibility index (Phi) is 17.5. The van der Waals surface area contributed by atoms with E-state index in [0.29, 0.717) is 12.6 Å². The van der Waals surface area contributed by atoms with Gasteiger partial charge in [-0.25, -0.2) is 0 Å². The number of carbonyl (C=O) groups is 1. The van der Waals surface area contributed by atoms with Gasteiger partial charge >= 0.3 is 5.97 Å². The first kappa shape index (κ1) is 28.6. The summed E-state index contributed by atoms with van der Waals surface area (Å²) in [6, 6.07) is 6.58. The quantitative estimate of drug-likeness (QED) is 0.280. The van der Waals surface area contributed by atoms with Crippen LogP contribution in [0.2, 0.25) is 0 Å². The third kappa shape index (κ3) is 11.1. The molecule has 1 unspecified atom stereocenters. The standard InChI is InChI=1S/C17H26N2O2.C7H16.C2H6/c1-3-10-19(11-9-18)15-7-8-16-14(12-15)5-4-6-17(16)21-13(2)20;1-3-5-7-6-4-2;1-2/h4-6,15H,3,7-12,18H2,1-2H3;3-7H2,1-2H3;1-2H3. The minimum absolute atomic E-state index is 0.249. The first-order valence-corrected chi connectivity index (χ1v) is 12.3. The summed E-state index contributed by atoms with van der Waals surface area (Å²) in [5, 5.41) is 0. The molecule has 0 fully saturated rings. The van der Waals surface area contributed by atoms with Gasteiger partial charge < -0.3 is 10.5 Å². The van der Waals surface area contributed by atoms with Crippen LogP contribution in [0.25, 0.3) is 0 Å². The molecule has 1 atom stereocenters. The number of hydrogen-bond acceptors (Lipinski definition) is 4. The monoisotopic (exact) mass is 420 g/mol. The number of ether oxygens (including phenoxy) is 1. The Balaban J connectivity index is 0.000000795. The van der Waals surface area contributed by atoms with E-state index < -0.39 is 0 Å². The van der Waals surface area contributed by atoms with Crippen molar-refractivity contribution < 1.29 is 9.53 Å². The summed E-state index contributed by atoms with van der Waals surface area (Å²) >= 11 is 0. The lowest BCUT2D eigenvalue weighted by atomic mass is 9.86. The van der Waals surface area contributed by atoms with Crippen LogP contribution in [0.3, 0.4) is 0 Å². The van der Waals surface area contributed by atoms with E-state index in [-0.39, 0.29) is 5.97 Å². The lowest BCUT2D eigenvalue weighted by molar-refractivity contribution is -0.131. The third-order valence-corrected chi connectivity index (χ3v) is 5.32.